The van der Waals surface area contributed by atoms with Crippen molar-refractivity contribution < 1.29 is 17.9 Å². The molecule has 0 spiro atoms. The van der Waals surface area contributed by atoms with Gasteiger partial charge >= 0.3 is 0 Å². The second kappa shape index (κ2) is 9.19. The Balaban J connectivity index is 1.67. The summed E-state index contributed by atoms with van der Waals surface area (Å²) in [6.07, 6.45) is 0. The van der Waals surface area contributed by atoms with Crippen LogP contribution in [-0.2, 0) is 14.8 Å². The molecular formula is C22H21ClN2O4S. The lowest BCUT2D eigenvalue weighted by molar-refractivity contribution is -0.118. The Kier molecular flexibility index (Phi) is 6.64. The Bertz CT molecular complexity index is 1170. The lowest BCUT2D eigenvalue weighted by atomic mass is 10.2. The Hall–Kier alpha value is -3.03. The molecule has 1 amide bonds. The number of anilines is 2. The Labute approximate surface area is 180 Å². The summed E-state index contributed by atoms with van der Waals surface area (Å²) in [7, 11) is -3.73. The zero-order valence-electron chi connectivity index (χ0n) is 16.5. The highest BCUT2D eigenvalue weighted by atomic mass is 35.5. The molecule has 0 unspecified atom stereocenters. The number of carbonyl (C=O) groups excluding carboxylic acids is 1. The van der Waals surface area contributed by atoms with Gasteiger partial charge in [0.25, 0.3) is 15.9 Å². The molecule has 0 aliphatic rings. The molecule has 0 aliphatic carbocycles. The highest BCUT2D eigenvalue weighted by Gasteiger charge is 2.15. The number of hydrogen-bond acceptors (Lipinski definition) is 4. The van der Waals surface area contributed by atoms with Crippen LogP contribution in [0.5, 0.6) is 5.75 Å². The quantitative estimate of drug-likeness (QED) is 0.549. The number of sulfonamides is 1. The van der Waals surface area contributed by atoms with E-state index in [-0.39, 0.29) is 17.4 Å². The third-order valence-corrected chi connectivity index (χ3v) is 6.12. The van der Waals surface area contributed by atoms with Gasteiger partial charge in [0.2, 0.25) is 0 Å². The zero-order chi connectivity index (χ0) is 21.7. The zero-order valence-corrected chi connectivity index (χ0v) is 18.0. The second-order valence-electron chi connectivity index (χ2n) is 6.70. The maximum atomic E-state index is 12.6. The lowest BCUT2D eigenvalue weighted by Gasteiger charge is -2.13. The fourth-order valence-electron chi connectivity index (χ4n) is 2.67. The molecule has 0 saturated carbocycles. The van der Waals surface area contributed by atoms with Crippen molar-refractivity contribution in [3.05, 3.63) is 82.9 Å². The molecular weight excluding hydrogens is 424 g/mol. The van der Waals surface area contributed by atoms with Crippen molar-refractivity contribution >= 4 is 38.9 Å². The van der Waals surface area contributed by atoms with E-state index in [4.69, 9.17) is 16.3 Å². The number of aryl methyl sites for hydroxylation is 2. The summed E-state index contributed by atoms with van der Waals surface area (Å²) in [6.45, 7) is 3.43. The standard InChI is InChI=1S/C22H21ClN2O4S/c1-15-8-9-17(13-21(15)25-30(27,28)19-6-4-3-5-7-19)24-22(26)14-29-18-10-11-20(23)16(2)12-18/h3-13,25H,14H2,1-2H3,(H,24,26). The molecule has 156 valence electrons. The average Bonchev–Trinajstić information content (AvgIpc) is 2.72. The van der Waals surface area contributed by atoms with E-state index in [2.05, 4.69) is 10.0 Å². The summed E-state index contributed by atoms with van der Waals surface area (Å²) in [5.74, 6) is 0.163. The summed E-state index contributed by atoms with van der Waals surface area (Å²) >= 11 is 5.98. The minimum Gasteiger partial charge on any atom is -0.484 e. The first-order valence-corrected chi connectivity index (χ1v) is 11.0. The number of nitrogens with one attached hydrogen (secondary N) is 2. The van der Waals surface area contributed by atoms with Crippen LogP contribution in [0.25, 0.3) is 0 Å². The minimum atomic E-state index is -3.73. The van der Waals surface area contributed by atoms with Gasteiger partial charge in [-0.1, -0.05) is 35.9 Å². The van der Waals surface area contributed by atoms with Gasteiger partial charge < -0.3 is 10.1 Å². The van der Waals surface area contributed by atoms with Crippen molar-refractivity contribution in [1.82, 2.24) is 0 Å². The molecule has 0 atom stereocenters. The van der Waals surface area contributed by atoms with Crippen LogP contribution >= 0.6 is 11.6 Å². The van der Waals surface area contributed by atoms with Crippen LogP contribution in [0.3, 0.4) is 0 Å². The first-order valence-electron chi connectivity index (χ1n) is 9.12. The van der Waals surface area contributed by atoms with E-state index < -0.39 is 10.0 Å². The van der Waals surface area contributed by atoms with E-state index in [1.807, 2.05) is 6.92 Å². The molecule has 6 nitrogen and oxygen atoms in total. The summed E-state index contributed by atoms with van der Waals surface area (Å²) in [5, 5.41) is 3.33. The molecule has 8 heteroatoms. The van der Waals surface area contributed by atoms with Crippen LogP contribution < -0.4 is 14.8 Å². The normalized spacial score (nSPS) is 11.0. The molecule has 3 aromatic rings. The molecule has 0 heterocycles. The van der Waals surface area contributed by atoms with E-state index >= 15 is 0 Å². The molecule has 3 aromatic carbocycles. The first-order chi connectivity index (χ1) is 14.2. The Morgan fingerprint density at radius 3 is 2.40 bits per heavy atom. The monoisotopic (exact) mass is 444 g/mol. The van der Waals surface area contributed by atoms with Gasteiger partial charge in [-0.05, 0) is 67.4 Å². The van der Waals surface area contributed by atoms with Crippen molar-refractivity contribution in [3.63, 3.8) is 0 Å². The van der Waals surface area contributed by atoms with Gasteiger partial charge in [0.15, 0.2) is 6.61 Å². The van der Waals surface area contributed by atoms with E-state index in [0.29, 0.717) is 22.1 Å². The third kappa shape index (κ3) is 5.52. The fourth-order valence-corrected chi connectivity index (χ4v) is 3.93. The number of amides is 1. The van der Waals surface area contributed by atoms with Crippen LogP contribution in [0, 0.1) is 13.8 Å². The van der Waals surface area contributed by atoms with E-state index in [9.17, 15) is 13.2 Å². The molecule has 30 heavy (non-hydrogen) atoms. The van der Waals surface area contributed by atoms with Crippen molar-refractivity contribution in [2.75, 3.05) is 16.6 Å². The molecule has 0 bridgehead atoms. The summed E-state index contributed by atoms with van der Waals surface area (Å²) in [5.41, 5.74) is 2.40. The van der Waals surface area contributed by atoms with Gasteiger partial charge in [0, 0.05) is 10.7 Å². The molecule has 0 fully saturated rings. The van der Waals surface area contributed by atoms with Gasteiger partial charge in [-0.25, -0.2) is 8.42 Å². The number of halogens is 1. The van der Waals surface area contributed by atoms with Crippen LogP contribution in [-0.4, -0.2) is 20.9 Å². The number of ether oxygens (including phenoxy) is 1. The molecule has 0 aliphatic heterocycles. The highest BCUT2D eigenvalue weighted by molar-refractivity contribution is 7.92. The second-order valence-corrected chi connectivity index (χ2v) is 8.79. The molecule has 0 aromatic heterocycles. The predicted molar refractivity (Wildman–Crippen MR) is 119 cm³/mol. The highest BCUT2D eigenvalue weighted by Crippen LogP contribution is 2.24. The molecule has 0 saturated heterocycles. The number of benzene rings is 3. The van der Waals surface area contributed by atoms with Gasteiger partial charge in [-0.3, -0.25) is 9.52 Å². The Morgan fingerprint density at radius 2 is 1.70 bits per heavy atom. The number of rotatable bonds is 7. The SMILES string of the molecule is Cc1cc(OCC(=O)Nc2ccc(C)c(NS(=O)(=O)c3ccccc3)c2)ccc1Cl. The minimum absolute atomic E-state index is 0.158. The Morgan fingerprint density at radius 1 is 0.967 bits per heavy atom. The average molecular weight is 445 g/mol. The van der Waals surface area contributed by atoms with Gasteiger partial charge in [-0.2, -0.15) is 0 Å². The van der Waals surface area contributed by atoms with Crippen molar-refractivity contribution in [2.24, 2.45) is 0 Å². The fraction of sp³-hybridized carbons (Fsp3) is 0.136. The summed E-state index contributed by atoms with van der Waals surface area (Å²) < 4.78 is 33.2. The smallest absolute Gasteiger partial charge is 0.262 e. The van der Waals surface area contributed by atoms with E-state index in [1.54, 1.807) is 61.5 Å². The van der Waals surface area contributed by atoms with Crippen LogP contribution in [0.4, 0.5) is 11.4 Å². The van der Waals surface area contributed by atoms with Gasteiger partial charge in [-0.15, -0.1) is 0 Å². The maximum Gasteiger partial charge on any atom is 0.262 e. The van der Waals surface area contributed by atoms with E-state index in [1.165, 1.54) is 12.1 Å². The number of carbonyl (C=O) groups is 1. The molecule has 0 radical (unpaired) electrons. The summed E-state index contributed by atoms with van der Waals surface area (Å²) in [4.78, 5) is 12.4. The largest absolute Gasteiger partial charge is 0.484 e. The van der Waals surface area contributed by atoms with Crippen molar-refractivity contribution in [3.8, 4) is 5.75 Å². The summed E-state index contributed by atoms with van der Waals surface area (Å²) in [6, 6.07) is 18.2. The predicted octanol–water partition coefficient (Wildman–Crippen LogP) is 4.78. The van der Waals surface area contributed by atoms with Crippen molar-refractivity contribution in [1.29, 1.82) is 0 Å². The molecule has 2 N–H and O–H groups in total. The number of hydrogen-bond donors (Lipinski definition) is 2. The van der Waals surface area contributed by atoms with Crippen LogP contribution in [0.1, 0.15) is 11.1 Å². The van der Waals surface area contributed by atoms with E-state index in [0.717, 1.165) is 11.1 Å². The van der Waals surface area contributed by atoms with Gasteiger partial charge in [0.05, 0.1) is 10.6 Å². The molecule has 3 rings (SSSR count). The topological polar surface area (TPSA) is 84.5 Å². The van der Waals surface area contributed by atoms with Crippen molar-refractivity contribution in [2.45, 2.75) is 18.7 Å². The first kappa shape index (κ1) is 21.7. The van der Waals surface area contributed by atoms with Crippen LogP contribution in [0.15, 0.2) is 71.6 Å². The maximum absolute atomic E-state index is 12.6. The third-order valence-electron chi connectivity index (χ3n) is 4.32. The lowest BCUT2D eigenvalue weighted by Crippen LogP contribution is -2.20. The van der Waals surface area contributed by atoms with Crippen LogP contribution in [0.2, 0.25) is 5.02 Å². The van der Waals surface area contributed by atoms with Gasteiger partial charge in [0.1, 0.15) is 5.75 Å².